The number of aromatic nitrogens is 2. The lowest BCUT2D eigenvalue weighted by molar-refractivity contribution is 0.0322. The van der Waals surface area contributed by atoms with Gasteiger partial charge in [0, 0.05) is 43.7 Å². The van der Waals surface area contributed by atoms with E-state index >= 15 is 0 Å². The molecule has 2 aliphatic heterocycles. The molecule has 0 bridgehead atoms. The second-order valence-corrected chi connectivity index (χ2v) is 9.42. The summed E-state index contributed by atoms with van der Waals surface area (Å²) in [5.41, 5.74) is 3.14. The average molecular weight is 463 g/mol. The molecular formula is C27H34N4O3. The zero-order valence-electron chi connectivity index (χ0n) is 19.7. The van der Waals surface area contributed by atoms with E-state index in [2.05, 4.69) is 33.3 Å². The van der Waals surface area contributed by atoms with E-state index in [-0.39, 0.29) is 5.91 Å². The molecule has 1 atom stereocenters. The maximum absolute atomic E-state index is 13.2. The SMILES string of the molecule is O=C(c1cccc(OCCN2CCOCC2)c1)N1CCC[C@@H](Cc2ccc3[nH]ncc3c2)CC1. The lowest BCUT2D eigenvalue weighted by Crippen LogP contribution is -2.38. The summed E-state index contributed by atoms with van der Waals surface area (Å²) in [6.45, 7) is 6.61. The average Bonchev–Trinajstić information content (AvgIpc) is 3.22. The summed E-state index contributed by atoms with van der Waals surface area (Å²) < 4.78 is 11.4. The predicted octanol–water partition coefficient (Wildman–Crippen LogP) is 3.76. The van der Waals surface area contributed by atoms with E-state index < -0.39 is 0 Å². The lowest BCUT2D eigenvalue weighted by Gasteiger charge is -2.26. The number of likely N-dealkylation sites (tertiary alicyclic amines) is 1. The molecule has 180 valence electrons. The smallest absolute Gasteiger partial charge is 0.253 e. The standard InChI is InChI=1S/C27H34N4O3/c32-27(23-4-1-5-25(19-23)34-16-13-30-11-14-33-15-12-30)31-9-2-3-21(8-10-31)17-22-6-7-26-24(18-22)20-28-29-26/h1,4-7,18-21H,2-3,8-17H2,(H,28,29)/t21-/m1/s1. The number of carbonyl (C=O) groups is 1. The number of amides is 1. The quantitative estimate of drug-likeness (QED) is 0.579. The number of aromatic amines is 1. The van der Waals surface area contributed by atoms with Crippen LogP contribution in [0.5, 0.6) is 5.75 Å². The Kier molecular flexibility index (Phi) is 7.41. The van der Waals surface area contributed by atoms with Gasteiger partial charge in [0.2, 0.25) is 0 Å². The number of H-pyrrole nitrogens is 1. The highest BCUT2D eigenvalue weighted by molar-refractivity contribution is 5.94. The van der Waals surface area contributed by atoms with Crippen molar-refractivity contribution in [2.24, 2.45) is 5.92 Å². The van der Waals surface area contributed by atoms with Crippen molar-refractivity contribution in [1.29, 1.82) is 0 Å². The van der Waals surface area contributed by atoms with Crippen LogP contribution in [0.15, 0.2) is 48.7 Å². The summed E-state index contributed by atoms with van der Waals surface area (Å²) in [4.78, 5) is 17.6. The van der Waals surface area contributed by atoms with E-state index in [0.717, 1.165) is 88.3 Å². The molecule has 0 unspecified atom stereocenters. The minimum atomic E-state index is 0.110. The van der Waals surface area contributed by atoms with E-state index in [4.69, 9.17) is 9.47 Å². The van der Waals surface area contributed by atoms with Gasteiger partial charge in [-0.25, -0.2) is 0 Å². The van der Waals surface area contributed by atoms with Gasteiger partial charge in [0.15, 0.2) is 0 Å². The van der Waals surface area contributed by atoms with Gasteiger partial charge >= 0.3 is 0 Å². The summed E-state index contributed by atoms with van der Waals surface area (Å²) >= 11 is 0. The molecule has 1 aromatic heterocycles. The molecule has 2 aliphatic rings. The van der Waals surface area contributed by atoms with Gasteiger partial charge < -0.3 is 14.4 Å². The third-order valence-corrected chi connectivity index (χ3v) is 7.02. The molecule has 0 spiro atoms. The number of morpholine rings is 1. The van der Waals surface area contributed by atoms with Crippen molar-refractivity contribution in [2.45, 2.75) is 25.7 Å². The van der Waals surface area contributed by atoms with Crippen molar-refractivity contribution >= 4 is 16.8 Å². The summed E-state index contributed by atoms with van der Waals surface area (Å²) in [5, 5.41) is 8.30. The molecule has 3 heterocycles. The third-order valence-electron chi connectivity index (χ3n) is 7.02. The molecule has 1 N–H and O–H groups in total. The summed E-state index contributed by atoms with van der Waals surface area (Å²) in [6.07, 6.45) is 6.16. The fourth-order valence-corrected chi connectivity index (χ4v) is 5.04. The minimum absolute atomic E-state index is 0.110. The van der Waals surface area contributed by atoms with Crippen LogP contribution in [0.1, 0.15) is 35.2 Å². The third kappa shape index (κ3) is 5.77. The van der Waals surface area contributed by atoms with Gasteiger partial charge in [0.25, 0.3) is 5.91 Å². The maximum Gasteiger partial charge on any atom is 0.253 e. The highest BCUT2D eigenvalue weighted by Crippen LogP contribution is 2.25. The van der Waals surface area contributed by atoms with Gasteiger partial charge in [0.1, 0.15) is 12.4 Å². The van der Waals surface area contributed by atoms with E-state index in [9.17, 15) is 4.79 Å². The molecule has 7 heteroatoms. The molecule has 0 radical (unpaired) electrons. The highest BCUT2D eigenvalue weighted by atomic mass is 16.5. The van der Waals surface area contributed by atoms with E-state index in [0.29, 0.717) is 18.1 Å². The van der Waals surface area contributed by atoms with Crippen LogP contribution in [0.3, 0.4) is 0 Å². The largest absolute Gasteiger partial charge is 0.492 e. The number of benzene rings is 2. The van der Waals surface area contributed by atoms with Crippen LogP contribution in [0.4, 0.5) is 0 Å². The van der Waals surface area contributed by atoms with Crippen LogP contribution in [0.25, 0.3) is 10.9 Å². The van der Waals surface area contributed by atoms with Crippen LogP contribution in [-0.4, -0.2) is 78.4 Å². The predicted molar refractivity (Wildman–Crippen MR) is 132 cm³/mol. The number of hydrogen-bond acceptors (Lipinski definition) is 5. The highest BCUT2D eigenvalue weighted by Gasteiger charge is 2.22. The Hall–Kier alpha value is -2.90. The fraction of sp³-hybridized carbons (Fsp3) is 0.481. The van der Waals surface area contributed by atoms with Crippen LogP contribution < -0.4 is 4.74 Å². The topological polar surface area (TPSA) is 70.7 Å². The molecule has 7 nitrogen and oxygen atoms in total. The first-order valence-corrected chi connectivity index (χ1v) is 12.5. The number of ether oxygens (including phenoxy) is 2. The summed E-state index contributed by atoms with van der Waals surface area (Å²) in [7, 11) is 0. The first-order chi connectivity index (χ1) is 16.7. The molecule has 5 rings (SSSR count). The number of carbonyl (C=O) groups excluding carboxylic acids is 1. The van der Waals surface area contributed by atoms with Crippen LogP contribution in [-0.2, 0) is 11.2 Å². The van der Waals surface area contributed by atoms with Crippen molar-refractivity contribution in [3.8, 4) is 5.75 Å². The molecule has 2 saturated heterocycles. The Morgan fingerprint density at radius 3 is 2.91 bits per heavy atom. The van der Waals surface area contributed by atoms with E-state index in [1.807, 2.05) is 35.4 Å². The zero-order chi connectivity index (χ0) is 23.2. The van der Waals surface area contributed by atoms with Crippen LogP contribution >= 0.6 is 0 Å². The molecule has 2 fully saturated rings. The van der Waals surface area contributed by atoms with Gasteiger partial charge in [-0.05, 0) is 67.5 Å². The van der Waals surface area contributed by atoms with Crippen molar-refractivity contribution < 1.29 is 14.3 Å². The van der Waals surface area contributed by atoms with Crippen molar-refractivity contribution in [3.05, 3.63) is 59.8 Å². The summed E-state index contributed by atoms with van der Waals surface area (Å²) in [6, 6.07) is 14.2. The second-order valence-electron chi connectivity index (χ2n) is 9.42. The first-order valence-electron chi connectivity index (χ1n) is 12.5. The number of fused-ring (bicyclic) bond motifs is 1. The normalized spacial score (nSPS) is 19.8. The molecule has 1 amide bonds. The van der Waals surface area contributed by atoms with Crippen molar-refractivity contribution in [2.75, 3.05) is 52.5 Å². The van der Waals surface area contributed by atoms with Gasteiger partial charge in [-0.3, -0.25) is 14.8 Å². The Morgan fingerprint density at radius 1 is 1.09 bits per heavy atom. The molecular weight excluding hydrogens is 428 g/mol. The minimum Gasteiger partial charge on any atom is -0.492 e. The zero-order valence-corrected chi connectivity index (χ0v) is 19.7. The molecule has 2 aromatic carbocycles. The maximum atomic E-state index is 13.2. The van der Waals surface area contributed by atoms with E-state index in [1.165, 1.54) is 5.56 Å². The van der Waals surface area contributed by atoms with Crippen LogP contribution in [0.2, 0.25) is 0 Å². The van der Waals surface area contributed by atoms with Crippen molar-refractivity contribution in [1.82, 2.24) is 20.0 Å². The second kappa shape index (κ2) is 11.0. The first kappa shape index (κ1) is 22.9. The Morgan fingerprint density at radius 2 is 2.00 bits per heavy atom. The van der Waals surface area contributed by atoms with Gasteiger partial charge in [-0.2, -0.15) is 5.10 Å². The monoisotopic (exact) mass is 462 g/mol. The fourth-order valence-electron chi connectivity index (χ4n) is 5.04. The number of nitrogens with zero attached hydrogens (tertiary/aromatic N) is 3. The number of rotatable bonds is 7. The molecule has 0 saturated carbocycles. The van der Waals surface area contributed by atoms with Crippen molar-refractivity contribution in [3.63, 3.8) is 0 Å². The van der Waals surface area contributed by atoms with E-state index in [1.54, 1.807) is 0 Å². The van der Waals surface area contributed by atoms with Gasteiger partial charge in [0.05, 0.1) is 24.9 Å². The Bertz CT molecular complexity index is 1090. The van der Waals surface area contributed by atoms with Crippen LogP contribution in [0, 0.1) is 5.92 Å². The Balaban J connectivity index is 1.13. The molecule has 3 aromatic rings. The van der Waals surface area contributed by atoms with Gasteiger partial charge in [-0.1, -0.05) is 12.1 Å². The molecule has 34 heavy (non-hydrogen) atoms. The lowest BCUT2D eigenvalue weighted by atomic mass is 9.92. The number of nitrogens with one attached hydrogen (secondary N) is 1. The Labute approximate surface area is 201 Å². The van der Waals surface area contributed by atoms with Gasteiger partial charge in [-0.15, -0.1) is 0 Å². The molecule has 0 aliphatic carbocycles. The number of hydrogen-bond donors (Lipinski definition) is 1. The summed E-state index contributed by atoms with van der Waals surface area (Å²) in [5.74, 6) is 1.47.